The van der Waals surface area contributed by atoms with Crippen LogP contribution >= 0.6 is 0 Å². The van der Waals surface area contributed by atoms with E-state index in [1.165, 1.54) is 0 Å². The number of aromatic nitrogens is 6. The van der Waals surface area contributed by atoms with Crippen LogP contribution in [-0.4, -0.2) is 29.5 Å². The second-order valence-corrected chi connectivity index (χ2v) is 13.7. The quantitative estimate of drug-likeness (QED) is 0.179. The molecule has 0 radical (unpaired) electrons. The molecule has 6 nitrogen and oxygen atoms in total. The minimum absolute atomic E-state index is 0.864. The molecule has 6 heteroatoms. The van der Waals surface area contributed by atoms with Gasteiger partial charge in [-0.25, -0.2) is 4.98 Å². The highest BCUT2D eigenvalue weighted by Crippen LogP contribution is 2.42. The van der Waals surface area contributed by atoms with E-state index in [2.05, 4.69) is 132 Å². The van der Waals surface area contributed by atoms with Gasteiger partial charge in [0, 0.05) is 80.2 Å². The van der Waals surface area contributed by atoms with E-state index in [9.17, 15) is 0 Å². The van der Waals surface area contributed by atoms with E-state index in [4.69, 9.17) is 24.9 Å². The molecule has 0 unspecified atom stereocenters. The van der Waals surface area contributed by atoms with Gasteiger partial charge in [0.25, 0.3) is 0 Å². The Labute approximate surface area is 316 Å². The number of fused-ring (bicyclic) bond motifs is 7. The summed E-state index contributed by atoms with van der Waals surface area (Å²) in [6.07, 6.45) is 9.46. The van der Waals surface area contributed by atoms with Crippen LogP contribution in [0.15, 0.2) is 183 Å². The molecule has 0 saturated carbocycles. The summed E-state index contributed by atoms with van der Waals surface area (Å²) in [4.78, 5) is 24.4. The first kappa shape index (κ1) is 31.0. The second kappa shape index (κ2) is 12.5. The van der Waals surface area contributed by atoms with Crippen molar-refractivity contribution in [1.29, 1.82) is 0 Å². The van der Waals surface area contributed by atoms with Crippen molar-refractivity contribution >= 4 is 54.1 Å². The van der Waals surface area contributed by atoms with E-state index >= 15 is 0 Å². The SMILES string of the molecule is c1ccc(-n2c3ccc(-c4ccc(-c5nccc6ccccc56)cn4)cc3c3cc(-c4ccc(-c5nccc6ccccc56)cn4)c4ccccc4c32)nc1. The summed E-state index contributed by atoms with van der Waals surface area (Å²) in [5.41, 5.74) is 9.89. The fourth-order valence-electron chi connectivity index (χ4n) is 8.07. The standard InChI is InChI=1S/C49H30N6/c1-3-11-36-31(9-1)22-25-51-47(36)34-16-19-43(53-29-34)33-18-21-45-41(27-33)42-28-40(38-13-5-6-14-39(38)49(42)55(45)46-15-7-8-24-50-46)44-20-17-35(30-54-44)48-37-12-4-2-10-32(37)23-26-52-48/h1-30H. The summed E-state index contributed by atoms with van der Waals surface area (Å²) in [5, 5.41) is 9.02. The van der Waals surface area contributed by atoms with Crippen molar-refractivity contribution in [2.24, 2.45) is 0 Å². The van der Waals surface area contributed by atoms with Gasteiger partial charge in [-0.05, 0) is 82.9 Å². The topological polar surface area (TPSA) is 69.4 Å². The van der Waals surface area contributed by atoms with Gasteiger partial charge >= 0.3 is 0 Å². The lowest BCUT2D eigenvalue weighted by atomic mass is 9.96. The van der Waals surface area contributed by atoms with Gasteiger partial charge in [0.05, 0.1) is 33.8 Å². The number of pyridine rings is 5. The Morgan fingerprint density at radius 2 is 0.964 bits per heavy atom. The summed E-state index contributed by atoms with van der Waals surface area (Å²) >= 11 is 0. The van der Waals surface area contributed by atoms with Crippen LogP contribution in [0.4, 0.5) is 0 Å². The van der Waals surface area contributed by atoms with Crippen LogP contribution < -0.4 is 0 Å². The maximum absolute atomic E-state index is 5.08. The minimum atomic E-state index is 0.864. The van der Waals surface area contributed by atoms with Crippen molar-refractivity contribution < 1.29 is 0 Å². The van der Waals surface area contributed by atoms with Gasteiger partial charge in [0.1, 0.15) is 5.82 Å². The highest BCUT2D eigenvalue weighted by atomic mass is 15.1. The Kier molecular flexibility index (Phi) is 7.07. The first-order valence-electron chi connectivity index (χ1n) is 18.3. The third-order valence-corrected chi connectivity index (χ3v) is 10.6. The fourth-order valence-corrected chi connectivity index (χ4v) is 8.07. The lowest BCUT2D eigenvalue weighted by Gasteiger charge is -2.12. The van der Waals surface area contributed by atoms with Crippen LogP contribution in [0.5, 0.6) is 0 Å². The monoisotopic (exact) mass is 702 g/mol. The van der Waals surface area contributed by atoms with E-state index in [0.717, 1.165) is 105 Å². The molecule has 0 spiro atoms. The third-order valence-electron chi connectivity index (χ3n) is 10.6. The number of benzene rings is 5. The van der Waals surface area contributed by atoms with E-state index < -0.39 is 0 Å². The van der Waals surface area contributed by atoms with Crippen LogP contribution in [-0.2, 0) is 0 Å². The molecule has 0 N–H and O–H groups in total. The van der Waals surface area contributed by atoms with Gasteiger partial charge in [-0.2, -0.15) is 0 Å². The van der Waals surface area contributed by atoms with Crippen molar-refractivity contribution in [3.05, 3.63) is 183 Å². The van der Waals surface area contributed by atoms with E-state index in [-0.39, 0.29) is 0 Å². The van der Waals surface area contributed by atoms with Crippen LogP contribution in [0, 0.1) is 0 Å². The van der Waals surface area contributed by atoms with Crippen molar-refractivity contribution in [1.82, 2.24) is 29.5 Å². The molecule has 0 amide bonds. The van der Waals surface area contributed by atoms with Crippen LogP contribution in [0.1, 0.15) is 0 Å². The molecule has 0 saturated heterocycles. The van der Waals surface area contributed by atoms with Crippen molar-refractivity contribution in [2.75, 3.05) is 0 Å². The average Bonchev–Trinajstić information content (AvgIpc) is 3.60. The van der Waals surface area contributed by atoms with Gasteiger partial charge in [0.2, 0.25) is 0 Å². The molecule has 0 aliphatic carbocycles. The van der Waals surface area contributed by atoms with Crippen molar-refractivity contribution in [3.8, 4) is 50.8 Å². The molecule has 0 aliphatic rings. The molecule has 0 atom stereocenters. The van der Waals surface area contributed by atoms with Gasteiger partial charge in [-0.1, -0.05) is 84.9 Å². The number of hydrogen-bond acceptors (Lipinski definition) is 5. The van der Waals surface area contributed by atoms with Crippen molar-refractivity contribution in [2.45, 2.75) is 0 Å². The van der Waals surface area contributed by atoms with Gasteiger partial charge in [0.15, 0.2) is 0 Å². The van der Waals surface area contributed by atoms with E-state index in [0.29, 0.717) is 0 Å². The maximum Gasteiger partial charge on any atom is 0.137 e. The zero-order valence-electron chi connectivity index (χ0n) is 29.5. The van der Waals surface area contributed by atoms with Gasteiger partial charge in [-0.15, -0.1) is 0 Å². The van der Waals surface area contributed by atoms with Crippen LogP contribution in [0.2, 0.25) is 0 Å². The zero-order valence-corrected chi connectivity index (χ0v) is 29.5. The molecular formula is C49H30N6. The summed E-state index contributed by atoms with van der Waals surface area (Å²) in [6, 6.07) is 52.8. The molecule has 6 heterocycles. The highest BCUT2D eigenvalue weighted by Gasteiger charge is 2.20. The molecule has 256 valence electrons. The van der Waals surface area contributed by atoms with E-state index in [1.54, 1.807) is 0 Å². The third kappa shape index (κ3) is 5.07. The Balaban J connectivity index is 1.09. The Morgan fingerprint density at radius 1 is 0.364 bits per heavy atom. The molecule has 55 heavy (non-hydrogen) atoms. The van der Waals surface area contributed by atoms with Crippen molar-refractivity contribution in [3.63, 3.8) is 0 Å². The summed E-state index contributed by atoms with van der Waals surface area (Å²) in [5.74, 6) is 0.864. The first-order valence-corrected chi connectivity index (χ1v) is 18.3. The molecule has 6 aromatic heterocycles. The smallest absolute Gasteiger partial charge is 0.137 e. The van der Waals surface area contributed by atoms with Crippen LogP contribution in [0.3, 0.4) is 0 Å². The number of hydrogen-bond donors (Lipinski definition) is 0. The fraction of sp³-hybridized carbons (Fsp3) is 0. The molecule has 0 bridgehead atoms. The Morgan fingerprint density at radius 3 is 1.60 bits per heavy atom. The maximum atomic E-state index is 5.08. The summed E-state index contributed by atoms with van der Waals surface area (Å²) in [6.45, 7) is 0. The normalized spacial score (nSPS) is 11.6. The molecule has 11 aromatic rings. The summed E-state index contributed by atoms with van der Waals surface area (Å²) in [7, 11) is 0. The highest BCUT2D eigenvalue weighted by molar-refractivity contribution is 6.22. The number of nitrogens with zero attached hydrogens (tertiary/aromatic N) is 6. The Hall–Kier alpha value is -7.57. The molecular weight excluding hydrogens is 673 g/mol. The lowest BCUT2D eigenvalue weighted by Crippen LogP contribution is -1.97. The predicted octanol–water partition coefficient (Wildman–Crippen LogP) is 11.9. The van der Waals surface area contributed by atoms with Gasteiger partial charge < -0.3 is 0 Å². The molecule has 5 aromatic carbocycles. The zero-order chi connectivity index (χ0) is 36.3. The first-order chi connectivity index (χ1) is 27.3. The molecule has 0 aliphatic heterocycles. The average molecular weight is 703 g/mol. The minimum Gasteiger partial charge on any atom is -0.293 e. The largest absolute Gasteiger partial charge is 0.293 e. The van der Waals surface area contributed by atoms with E-state index in [1.807, 2.05) is 55.2 Å². The lowest BCUT2D eigenvalue weighted by molar-refractivity contribution is 1.08. The van der Waals surface area contributed by atoms with Crippen LogP contribution in [0.25, 0.3) is 105 Å². The number of rotatable bonds is 5. The second-order valence-electron chi connectivity index (χ2n) is 13.7. The molecule has 0 fully saturated rings. The van der Waals surface area contributed by atoms with Gasteiger partial charge in [-0.3, -0.25) is 24.5 Å². The predicted molar refractivity (Wildman–Crippen MR) is 224 cm³/mol. The Bertz CT molecular complexity index is 3230. The molecule has 11 rings (SSSR count). The summed E-state index contributed by atoms with van der Waals surface area (Å²) < 4.78 is 2.28.